The molecule has 0 saturated heterocycles. The van der Waals surface area contributed by atoms with E-state index in [1.165, 1.54) is 9.79 Å². The Morgan fingerprint density at radius 3 is 1.21 bits per heavy atom. The van der Waals surface area contributed by atoms with Gasteiger partial charge < -0.3 is 15.4 Å². The molecule has 0 aliphatic heterocycles. The van der Waals surface area contributed by atoms with E-state index in [2.05, 4.69) is 71.7 Å². The summed E-state index contributed by atoms with van der Waals surface area (Å²) in [6, 6.07) is 32.1. The van der Waals surface area contributed by atoms with Crippen LogP contribution in [0.4, 0.5) is 38.9 Å². The van der Waals surface area contributed by atoms with Crippen LogP contribution >= 0.6 is 23.5 Å². The Morgan fingerprint density at radius 2 is 0.921 bits per heavy atom. The van der Waals surface area contributed by atoms with Crippen molar-refractivity contribution in [3.63, 3.8) is 0 Å². The minimum absolute atomic E-state index is 0.431. The zero-order valence-corrected chi connectivity index (χ0v) is 24.0. The van der Waals surface area contributed by atoms with Gasteiger partial charge >= 0.3 is 6.09 Å². The molecule has 0 atom stereocenters. The maximum absolute atomic E-state index is 13.3. The molecule has 0 spiro atoms. The lowest BCUT2D eigenvalue weighted by atomic mass is 10.2. The van der Waals surface area contributed by atoms with Crippen LogP contribution in [0.25, 0.3) is 0 Å². The topological polar surface area (TPSA) is 53.6 Å². The molecule has 4 rings (SSSR count). The summed E-state index contributed by atoms with van der Waals surface area (Å²) < 4.78 is 5.76. The third-order valence-electron chi connectivity index (χ3n) is 5.58. The van der Waals surface area contributed by atoms with E-state index in [-0.39, 0.29) is 0 Å². The standard InChI is InChI=1S/C31H33N3O2S2/c1-31(2,3)36-30(35)34(26-14-6-22(7-15-26)32-24-10-18-28(37-4)19-11-24)27-16-8-23(9-17-27)33-25-12-20-29(38-5)21-13-25/h6-21,32-33H,1-5H3. The van der Waals surface area contributed by atoms with E-state index in [4.69, 9.17) is 4.74 Å². The number of nitrogens with zero attached hydrogens (tertiary/aromatic N) is 1. The Hall–Kier alpha value is -3.55. The first-order valence-corrected chi connectivity index (χ1v) is 14.7. The summed E-state index contributed by atoms with van der Waals surface area (Å²) in [7, 11) is 0. The van der Waals surface area contributed by atoms with E-state index in [0.29, 0.717) is 0 Å². The second-order valence-corrected chi connectivity index (χ2v) is 11.4. The molecule has 38 heavy (non-hydrogen) atoms. The number of benzene rings is 4. The fraction of sp³-hybridized carbons (Fsp3) is 0.194. The highest BCUT2D eigenvalue weighted by molar-refractivity contribution is 7.98. The minimum Gasteiger partial charge on any atom is -0.443 e. The zero-order chi connectivity index (χ0) is 27.1. The first-order chi connectivity index (χ1) is 18.2. The average Bonchev–Trinajstić information content (AvgIpc) is 2.91. The molecule has 0 aromatic heterocycles. The van der Waals surface area contributed by atoms with Crippen LogP contribution in [0.2, 0.25) is 0 Å². The summed E-state index contributed by atoms with van der Waals surface area (Å²) in [6.45, 7) is 5.61. The molecule has 0 saturated carbocycles. The molecule has 7 heteroatoms. The quantitative estimate of drug-likeness (QED) is 0.216. The molecule has 0 aliphatic carbocycles. The number of nitrogens with one attached hydrogen (secondary N) is 2. The number of rotatable bonds is 8. The molecule has 1 amide bonds. The third-order valence-corrected chi connectivity index (χ3v) is 7.07. The van der Waals surface area contributed by atoms with Gasteiger partial charge in [-0.15, -0.1) is 23.5 Å². The number of amides is 1. The van der Waals surface area contributed by atoms with Crippen molar-refractivity contribution < 1.29 is 9.53 Å². The molecular weight excluding hydrogens is 510 g/mol. The summed E-state index contributed by atoms with van der Waals surface area (Å²) in [5, 5.41) is 6.83. The third kappa shape index (κ3) is 7.49. The Balaban J connectivity index is 1.55. The molecule has 0 radical (unpaired) electrons. The number of hydrogen-bond acceptors (Lipinski definition) is 6. The summed E-state index contributed by atoms with van der Waals surface area (Å²) in [5.74, 6) is 0. The smallest absolute Gasteiger partial charge is 0.419 e. The van der Waals surface area contributed by atoms with Crippen molar-refractivity contribution in [3.8, 4) is 0 Å². The summed E-state index contributed by atoms with van der Waals surface area (Å²) in [4.78, 5) is 17.3. The van der Waals surface area contributed by atoms with Crippen molar-refractivity contribution in [1.82, 2.24) is 0 Å². The minimum atomic E-state index is -0.621. The number of hydrogen-bond donors (Lipinski definition) is 2. The van der Waals surface area contributed by atoms with Gasteiger partial charge in [0.05, 0.1) is 11.4 Å². The molecule has 196 valence electrons. The maximum Gasteiger partial charge on any atom is 0.419 e. The monoisotopic (exact) mass is 543 g/mol. The van der Waals surface area contributed by atoms with Crippen LogP contribution < -0.4 is 15.5 Å². The molecule has 4 aromatic carbocycles. The predicted molar refractivity (Wildman–Crippen MR) is 164 cm³/mol. The highest BCUT2D eigenvalue weighted by atomic mass is 32.2. The van der Waals surface area contributed by atoms with Crippen LogP contribution in [0.3, 0.4) is 0 Å². The molecule has 4 aromatic rings. The van der Waals surface area contributed by atoms with Gasteiger partial charge in [-0.05, 0) is 130 Å². The van der Waals surface area contributed by atoms with Gasteiger partial charge in [-0.2, -0.15) is 0 Å². The molecule has 0 fully saturated rings. The van der Waals surface area contributed by atoms with E-state index in [9.17, 15) is 4.79 Å². The second-order valence-electron chi connectivity index (χ2n) is 9.62. The fourth-order valence-electron chi connectivity index (χ4n) is 3.74. The van der Waals surface area contributed by atoms with Gasteiger partial charge in [0.25, 0.3) is 0 Å². The summed E-state index contributed by atoms with van der Waals surface area (Å²) in [6.07, 6.45) is 3.69. The van der Waals surface area contributed by atoms with Crippen LogP contribution in [-0.4, -0.2) is 24.2 Å². The van der Waals surface area contributed by atoms with Crippen molar-refractivity contribution in [2.45, 2.75) is 36.2 Å². The lowest BCUT2D eigenvalue weighted by Gasteiger charge is -2.28. The first-order valence-electron chi connectivity index (χ1n) is 12.3. The van der Waals surface area contributed by atoms with Crippen LogP contribution in [0.15, 0.2) is 107 Å². The Morgan fingerprint density at radius 1 is 0.605 bits per heavy atom. The zero-order valence-electron chi connectivity index (χ0n) is 22.3. The molecule has 2 N–H and O–H groups in total. The first kappa shape index (κ1) is 27.5. The fourth-order valence-corrected chi connectivity index (χ4v) is 4.55. The average molecular weight is 544 g/mol. The van der Waals surface area contributed by atoms with E-state index < -0.39 is 11.7 Å². The molecule has 0 bridgehead atoms. The second kappa shape index (κ2) is 12.3. The Bertz CT molecular complexity index is 1240. The number of thioether (sulfide) groups is 2. The van der Waals surface area contributed by atoms with E-state index in [1.807, 2.05) is 69.3 Å². The predicted octanol–water partition coefficient (Wildman–Crippen LogP) is 9.69. The van der Waals surface area contributed by atoms with Crippen molar-refractivity contribution in [2.75, 3.05) is 28.0 Å². The number of carbonyl (C=O) groups excluding carboxylic acids is 1. The number of anilines is 6. The number of ether oxygens (including phenoxy) is 1. The lowest BCUT2D eigenvalue weighted by Crippen LogP contribution is -2.33. The normalized spacial score (nSPS) is 11.1. The summed E-state index contributed by atoms with van der Waals surface area (Å²) >= 11 is 3.43. The SMILES string of the molecule is CSc1ccc(Nc2ccc(N(C(=O)OC(C)(C)C)c3ccc(Nc4ccc(SC)cc4)cc3)cc2)cc1. The number of carbonyl (C=O) groups is 1. The van der Waals surface area contributed by atoms with Gasteiger partial charge in [0.15, 0.2) is 0 Å². The van der Waals surface area contributed by atoms with Crippen LogP contribution in [0.1, 0.15) is 20.8 Å². The Kier molecular flexibility index (Phi) is 8.92. The van der Waals surface area contributed by atoms with Crippen LogP contribution in [0, 0.1) is 0 Å². The Labute approximate surface area is 234 Å². The van der Waals surface area contributed by atoms with Crippen molar-refractivity contribution >= 4 is 63.7 Å². The highest BCUT2D eigenvalue weighted by Gasteiger charge is 2.25. The van der Waals surface area contributed by atoms with E-state index in [0.717, 1.165) is 34.1 Å². The van der Waals surface area contributed by atoms with Gasteiger partial charge in [0.1, 0.15) is 5.60 Å². The van der Waals surface area contributed by atoms with E-state index >= 15 is 0 Å². The van der Waals surface area contributed by atoms with Crippen LogP contribution in [-0.2, 0) is 4.74 Å². The van der Waals surface area contributed by atoms with E-state index in [1.54, 1.807) is 28.4 Å². The van der Waals surface area contributed by atoms with Gasteiger partial charge in [-0.25, -0.2) is 9.69 Å². The lowest BCUT2D eigenvalue weighted by molar-refractivity contribution is 0.0599. The van der Waals surface area contributed by atoms with Gasteiger partial charge in [-0.3, -0.25) is 0 Å². The van der Waals surface area contributed by atoms with Gasteiger partial charge in [0, 0.05) is 32.5 Å². The van der Waals surface area contributed by atoms with Crippen LogP contribution in [0.5, 0.6) is 0 Å². The van der Waals surface area contributed by atoms with Crippen molar-refractivity contribution in [1.29, 1.82) is 0 Å². The van der Waals surface area contributed by atoms with Crippen molar-refractivity contribution in [2.24, 2.45) is 0 Å². The molecular formula is C31H33N3O2S2. The van der Waals surface area contributed by atoms with Gasteiger partial charge in [-0.1, -0.05) is 0 Å². The van der Waals surface area contributed by atoms with Crippen molar-refractivity contribution in [3.05, 3.63) is 97.1 Å². The summed E-state index contributed by atoms with van der Waals surface area (Å²) in [5.41, 5.74) is 4.69. The molecule has 5 nitrogen and oxygen atoms in total. The van der Waals surface area contributed by atoms with Gasteiger partial charge in [0.2, 0.25) is 0 Å². The molecule has 0 heterocycles. The largest absolute Gasteiger partial charge is 0.443 e. The molecule has 0 unspecified atom stereocenters. The maximum atomic E-state index is 13.3. The highest BCUT2D eigenvalue weighted by Crippen LogP contribution is 2.31. The molecule has 0 aliphatic rings.